The first kappa shape index (κ1) is 29.3. The van der Waals surface area contributed by atoms with Gasteiger partial charge in [-0.1, -0.05) is 65.7 Å². The second-order valence-electron chi connectivity index (χ2n) is 8.71. The number of nitrogens with one attached hydrogen (secondary N) is 3. The predicted molar refractivity (Wildman–Crippen MR) is 149 cm³/mol. The minimum absolute atomic E-state index is 0.0449. The van der Waals surface area contributed by atoms with E-state index in [0.29, 0.717) is 16.7 Å². The molecule has 0 bridgehead atoms. The monoisotopic (exact) mass is 568 g/mol. The van der Waals surface area contributed by atoms with Gasteiger partial charge in [-0.25, -0.2) is 4.79 Å². The number of ketones is 1. The molecular weight excluding hydrogens is 543 g/mol. The summed E-state index contributed by atoms with van der Waals surface area (Å²) in [6.45, 7) is -0.325. The summed E-state index contributed by atoms with van der Waals surface area (Å²) in [5, 5.41) is 21.9. The Hall–Kier alpha value is -4.21. The van der Waals surface area contributed by atoms with Crippen LogP contribution in [0.2, 0.25) is 10.0 Å². The van der Waals surface area contributed by atoms with Crippen LogP contribution in [0.5, 0.6) is 0 Å². The van der Waals surface area contributed by atoms with Gasteiger partial charge in [0.05, 0.1) is 28.0 Å². The van der Waals surface area contributed by atoms with Crippen LogP contribution in [0.15, 0.2) is 66.7 Å². The SMILES string of the molecule is N=C(N)Cc1cccc(C(=O)NCC(=O)CC[C@H](NC(=O)c2c(Cl)cc(-c3ccccc3)cc2Cl)C(=O)O)c1. The Labute approximate surface area is 234 Å². The van der Waals surface area contributed by atoms with Gasteiger partial charge in [-0.15, -0.1) is 0 Å². The van der Waals surface area contributed by atoms with Crippen molar-refractivity contribution in [3.05, 3.63) is 93.5 Å². The van der Waals surface area contributed by atoms with E-state index < -0.39 is 29.6 Å². The number of aliphatic carboxylic acids is 1. The fourth-order valence-corrected chi connectivity index (χ4v) is 4.45. The van der Waals surface area contributed by atoms with Crippen molar-refractivity contribution in [2.45, 2.75) is 25.3 Å². The lowest BCUT2D eigenvalue weighted by Gasteiger charge is -2.16. The number of carboxylic acid groups (broad SMARTS) is 1. The van der Waals surface area contributed by atoms with E-state index in [1.807, 2.05) is 30.3 Å². The summed E-state index contributed by atoms with van der Waals surface area (Å²) in [7, 11) is 0. The average molecular weight is 569 g/mol. The van der Waals surface area contributed by atoms with Crippen molar-refractivity contribution in [2.24, 2.45) is 5.73 Å². The maximum absolute atomic E-state index is 12.9. The maximum Gasteiger partial charge on any atom is 0.326 e. The smallest absolute Gasteiger partial charge is 0.326 e. The number of carbonyl (C=O) groups excluding carboxylic acids is 3. The number of rotatable bonds is 12. The number of amides is 2. The fourth-order valence-electron chi connectivity index (χ4n) is 3.79. The Bertz CT molecular complexity index is 1390. The zero-order chi connectivity index (χ0) is 28.5. The Kier molecular flexibility index (Phi) is 10.2. The van der Waals surface area contributed by atoms with Crippen LogP contribution in [-0.4, -0.2) is 47.1 Å². The number of hydrogen-bond acceptors (Lipinski definition) is 5. The van der Waals surface area contributed by atoms with E-state index in [1.165, 1.54) is 0 Å². The summed E-state index contributed by atoms with van der Waals surface area (Å²) >= 11 is 12.6. The van der Waals surface area contributed by atoms with E-state index in [1.54, 1.807) is 36.4 Å². The Morgan fingerprint density at radius 3 is 2.18 bits per heavy atom. The standard InChI is InChI=1S/C28H26Cl2N4O5/c29-21-13-19(17-6-2-1-3-7-17)14-22(30)25(21)27(37)34-23(28(38)39)10-9-20(35)15-33-26(36)18-8-4-5-16(11-18)12-24(31)32/h1-8,11,13-14,23H,9-10,12,15H2,(H3,31,32)(H,33,36)(H,34,37)(H,38,39)/t23-/m0/s1. The fraction of sp³-hybridized carbons (Fsp3) is 0.179. The van der Waals surface area contributed by atoms with Crippen LogP contribution in [-0.2, 0) is 16.0 Å². The molecule has 0 aliphatic carbocycles. The number of hydrogen-bond donors (Lipinski definition) is 5. The third kappa shape index (κ3) is 8.39. The minimum atomic E-state index is -1.39. The van der Waals surface area contributed by atoms with Crippen LogP contribution in [0.4, 0.5) is 0 Å². The minimum Gasteiger partial charge on any atom is -0.480 e. The summed E-state index contributed by atoms with van der Waals surface area (Å²) in [5.74, 6) is -3.09. The molecule has 0 aliphatic rings. The Morgan fingerprint density at radius 1 is 0.897 bits per heavy atom. The molecule has 0 unspecified atom stereocenters. The maximum atomic E-state index is 12.9. The summed E-state index contributed by atoms with van der Waals surface area (Å²) in [6.07, 6.45) is -0.229. The van der Waals surface area contributed by atoms with E-state index in [2.05, 4.69) is 10.6 Å². The summed E-state index contributed by atoms with van der Waals surface area (Å²) < 4.78 is 0. The topological polar surface area (TPSA) is 162 Å². The Balaban J connectivity index is 1.57. The van der Waals surface area contributed by atoms with Crippen LogP contribution in [0.3, 0.4) is 0 Å². The normalized spacial score (nSPS) is 11.3. The molecule has 0 heterocycles. The molecule has 3 rings (SSSR count). The lowest BCUT2D eigenvalue weighted by atomic mass is 10.0. The summed E-state index contributed by atoms with van der Waals surface area (Å²) in [6, 6.07) is 17.5. The van der Waals surface area contributed by atoms with Crippen molar-refractivity contribution in [1.82, 2.24) is 10.6 Å². The number of benzene rings is 3. The number of carbonyl (C=O) groups is 4. The van der Waals surface area contributed by atoms with Gasteiger partial charge >= 0.3 is 5.97 Å². The van der Waals surface area contributed by atoms with E-state index in [4.69, 9.17) is 34.3 Å². The highest BCUT2D eigenvalue weighted by atomic mass is 35.5. The molecular formula is C28H26Cl2N4O5. The van der Waals surface area contributed by atoms with Crippen molar-refractivity contribution >= 4 is 52.6 Å². The average Bonchev–Trinajstić information content (AvgIpc) is 2.89. The van der Waals surface area contributed by atoms with Gasteiger partial charge in [0.25, 0.3) is 11.8 Å². The van der Waals surface area contributed by atoms with Gasteiger partial charge in [0.2, 0.25) is 0 Å². The largest absolute Gasteiger partial charge is 0.480 e. The quantitative estimate of drug-likeness (QED) is 0.163. The van der Waals surface area contributed by atoms with Gasteiger partial charge in [-0.05, 0) is 47.4 Å². The zero-order valence-corrected chi connectivity index (χ0v) is 22.2. The van der Waals surface area contributed by atoms with Gasteiger partial charge in [-0.2, -0.15) is 0 Å². The highest BCUT2D eigenvalue weighted by Gasteiger charge is 2.25. The van der Waals surface area contributed by atoms with E-state index in [9.17, 15) is 24.3 Å². The number of amidine groups is 1. The molecule has 1 atom stereocenters. The molecule has 3 aromatic rings. The third-order valence-electron chi connectivity index (χ3n) is 5.72. The van der Waals surface area contributed by atoms with Crippen LogP contribution < -0.4 is 16.4 Å². The third-order valence-corrected chi connectivity index (χ3v) is 6.32. The van der Waals surface area contributed by atoms with Crippen molar-refractivity contribution in [3.63, 3.8) is 0 Å². The molecule has 0 aliphatic heterocycles. The number of halogens is 2. The highest BCUT2D eigenvalue weighted by molar-refractivity contribution is 6.40. The molecule has 39 heavy (non-hydrogen) atoms. The van der Waals surface area contributed by atoms with E-state index >= 15 is 0 Å². The molecule has 11 heteroatoms. The number of nitrogens with two attached hydrogens (primary N) is 1. The predicted octanol–water partition coefficient (Wildman–Crippen LogP) is 4.10. The molecule has 6 N–H and O–H groups in total. The molecule has 2 amide bonds. The number of Topliss-reactive ketones (excluding diaryl/α,β-unsaturated/α-hetero) is 1. The summed E-state index contributed by atoms with van der Waals surface area (Å²) in [5.41, 5.74) is 7.82. The molecule has 0 saturated heterocycles. The van der Waals surface area contributed by atoms with Crippen LogP contribution in [0.25, 0.3) is 11.1 Å². The molecule has 0 aromatic heterocycles. The van der Waals surface area contributed by atoms with Crippen LogP contribution in [0, 0.1) is 5.41 Å². The number of carboxylic acids is 1. The first-order valence-corrected chi connectivity index (χ1v) is 12.6. The summed E-state index contributed by atoms with van der Waals surface area (Å²) in [4.78, 5) is 49.4. The van der Waals surface area contributed by atoms with E-state index in [-0.39, 0.29) is 47.3 Å². The molecule has 3 aromatic carbocycles. The Morgan fingerprint density at radius 2 is 1.56 bits per heavy atom. The van der Waals surface area contributed by atoms with Crippen molar-refractivity contribution in [3.8, 4) is 11.1 Å². The van der Waals surface area contributed by atoms with Gasteiger partial charge < -0.3 is 21.5 Å². The van der Waals surface area contributed by atoms with Gasteiger partial charge in [0, 0.05) is 18.4 Å². The van der Waals surface area contributed by atoms with Gasteiger partial charge in [0.1, 0.15) is 6.04 Å². The van der Waals surface area contributed by atoms with Crippen molar-refractivity contribution < 1.29 is 24.3 Å². The molecule has 0 fully saturated rings. The molecule has 202 valence electrons. The van der Waals surface area contributed by atoms with Crippen LogP contribution in [0.1, 0.15) is 39.1 Å². The van der Waals surface area contributed by atoms with Crippen LogP contribution >= 0.6 is 23.2 Å². The second kappa shape index (κ2) is 13.5. The van der Waals surface area contributed by atoms with Gasteiger partial charge in [0.15, 0.2) is 5.78 Å². The van der Waals surface area contributed by atoms with E-state index in [0.717, 1.165) is 5.56 Å². The lowest BCUT2D eigenvalue weighted by molar-refractivity contribution is -0.139. The molecule has 0 radical (unpaired) electrons. The molecule has 0 spiro atoms. The first-order chi connectivity index (χ1) is 18.5. The first-order valence-electron chi connectivity index (χ1n) is 11.8. The second-order valence-corrected chi connectivity index (χ2v) is 9.52. The zero-order valence-electron chi connectivity index (χ0n) is 20.7. The van der Waals surface area contributed by atoms with Gasteiger partial charge in [-0.3, -0.25) is 19.8 Å². The lowest BCUT2D eigenvalue weighted by Crippen LogP contribution is -2.41. The van der Waals surface area contributed by atoms with Crippen molar-refractivity contribution in [1.29, 1.82) is 5.41 Å². The molecule has 9 nitrogen and oxygen atoms in total. The highest BCUT2D eigenvalue weighted by Crippen LogP contribution is 2.32. The molecule has 0 saturated carbocycles. The van der Waals surface area contributed by atoms with Crippen molar-refractivity contribution in [2.75, 3.05) is 6.54 Å².